The van der Waals surface area contributed by atoms with E-state index >= 15 is 0 Å². The molecule has 0 fully saturated rings. The van der Waals surface area contributed by atoms with Crippen molar-refractivity contribution < 1.29 is 44.0 Å². The highest BCUT2D eigenvalue weighted by atomic mass is 16.6. The number of carbonyl (C=O) groups excluding carboxylic acids is 3. The maximum atomic E-state index is 13.3. The molecule has 47 heavy (non-hydrogen) atoms. The fraction of sp³-hybridized carbons (Fsp3) is 0.622. The first-order chi connectivity index (χ1) is 22.2. The number of unbranched alkanes of at least 4 members (excludes halogenated alkanes) is 8. The van der Waals surface area contributed by atoms with Crippen molar-refractivity contribution in [3.05, 3.63) is 42.0 Å². The summed E-state index contributed by atoms with van der Waals surface area (Å²) in [5.41, 5.74) is -0.490. The molecule has 1 amide bonds. The van der Waals surface area contributed by atoms with Crippen molar-refractivity contribution in [2.75, 3.05) is 6.61 Å². The van der Waals surface area contributed by atoms with Crippen molar-refractivity contribution in [3.8, 4) is 17.6 Å². The lowest BCUT2D eigenvalue weighted by atomic mass is 9.94. The molecule has 0 aliphatic carbocycles. The van der Waals surface area contributed by atoms with Gasteiger partial charge >= 0.3 is 11.9 Å². The normalized spacial score (nSPS) is 12.9. The molecule has 1 rings (SSSR count). The number of carboxylic acids is 1. The number of benzene rings is 1. The molecule has 0 aromatic heterocycles. The average Bonchev–Trinajstić information content (AvgIpc) is 2.99. The van der Waals surface area contributed by atoms with Crippen molar-refractivity contribution in [1.29, 1.82) is 0 Å². The van der Waals surface area contributed by atoms with E-state index in [0.29, 0.717) is 36.4 Å². The number of hydrogen-bond acceptors (Lipinski definition) is 8. The second-order valence-corrected chi connectivity index (χ2v) is 12.8. The zero-order chi connectivity index (χ0) is 35.3. The first kappa shape index (κ1) is 41.3. The van der Waals surface area contributed by atoms with Gasteiger partial charge in [0.05, 0.1) is 0 Å². The van der Waals surface area contributed by atoms with Crippen LogP contribution in [0.2, 0.25) is 0 Å². The van der Waals surface area contributed by atoms with E-state index in [-0.39, 0.29) is 13.0 Å². The Morgan fingerprint density at radius 2 is 1.51 bits per heavy atom. The molecule has 0 saturated carbocycles. The van der Waals surface area contributed by atoms with Crippen molar-refractivity contribution in [3.63, 3.8) is 0 Å². The van der Waals surface area contributed by atoms with Crippen LogP contribution in [-0.4, -0.2) is 63.0 Å². The number of carbonyl (C=O) groups is 4. The van der Waals surface area contributed by atoms with Crippen LogP contribution in [0.25, 0.3) is 0 Å². The lowest BCUT2D eigenvalue weighted by molar-refractivity contribution is -0.230. The zero-order valence-electron chi connectivity index (χ0n) is 28.8. The molecule has 10 nitrogen and oxygen atoms in total. The van der Waals surface area contributed by atoms with Crippen LogP contribution in [0.1, 0.15) is 117 Å². The SMILES string of the molecule is CC#CCOc1ccc(C[C@H](NC(=O)[C@@H](/C=C/CCCCCCC(=O)CCCCCCC)C(O)(O)C(=O)OC(C)(C)C)C(=O)O)cc1. The van der Waals surface area contributed by atoms with Gasteiger partial charge in [0, 0.05) is 19.3 Å². The molecule has 0 radical (unpaired) electrons. The summed E-state index contributed by atoms with van der Waals surface area (Å²) in [5, 5.41) is 33.9. The summed E-state index contributed by atoms with van der Waals surface area (Å²) in [4.78, 5) is 50.2. The number of ether oxygens (including phenoxy) is 2. The summed E-state index contributed by atoms with van der Waals surface area (Å²) >= 11 is 0. The number of allylic oxidation sites excluding steroid dienone is 1. The second-order valence-electron chi connectivity index (χ2n) is 12.8. The predicted octanol–water partition coefficient (Wildman–Crippen LogP) is 5.67. The molecule has 1 aromatic rings. The van der Waals surface area contributed by atoms with Crippen LogP contribution in [0, 0.1) is 17.8 Å². The third-order valence-electron chi connectivity index (χ3n) is 7.35. The van der Waals surface area contributed by atoms with Gasteiger partial charge in [0.1, 0.15) is 35.7 Å². The van der Waals surface area contributed by atoms with Crippen LogP contribution in [-0.2, 0) is 30.3 Å². The summed E-state index contributed by atoms with van der Waals surface area (Å²) in [6.07, 6.45) is 13.1. The highest BCUT2D eigenvalue weighted by molar-refractivity contribution is 5.92. The van der Waals surface area contributed by atoms with E-state index in [2.05, 4.69) is 24.1 Å². The quantitative estimate of drug-likeness (QED) is 0.0383. The van der Waals surface area contributed by atoms with Crippen molar-refractivity contribution >= 4 is 23.6 Å². The lowest BCUT2D eigenvalue weighted by Crippen LogP contribution is -2.56. The Balaban J connectivity index is 2.84. The van der Waals surface area contributed by atoms with Crippen molar-refractivity contribution in [2.24, 2.45) is 5.92 Å². The van der Waals surface area contributed by atoms with E-state index in [1.807, 2.05) is 0 Å². The Labute approximate surface area is 280 Å². The van der Waals surface area contributed by atoms with Gasteiger partial charge in [-0.1, -0.05) is 75.7 Å². The van der Waals surface area contributed by atoms with Crippen LogP contribution in [0.4, 0.5) is 0 Å². The van der Waals surface area contributed by atoms with Crippen LogP contribution < -0.4 is 10.1 Å². The molecule has 2 atom stereocenters. The molecular weight excluding hydrogens is 602 g/mol. The average molecular weight is 658 g/mol. The molecule has 0 saturated heterocycles. The molecule has 1 aromatic carbocycles. The standard InChI is InChI=1S/C37H55NO9/c1-6-8-10-13-16-19-29(39)20-17-14-11-12-15-18-21-31(37(44,45)35(43)47-36(3,4)5)33(40)38-32(34(41)42)27-28-22-24-30(25-23-28)46-26-9-7-2/h18,21-25,31-32,44-45H,6,8,10-17,19-20,26-27H2,1-5H3,(H,38,40)(H,41,42)/b21-18+/t31-,32+/m1/s1. The molecule has 0 aliphatic rings. The second kappa shape index (κ2) is 22.0. The summed E-state index contributed by atoms with van der Waals surface area (Å²) in [7, 11) is 0. The van der Waals surface area contributed by atoms with Crippen LogP contribution >= 0.6 is 0 Å². The van der Waals surface area contributed by atoms with Gasteiger partial charge in [-0.3, -0.25) is 9.59 Å². The molecule has 0 heterocycles. The van der Waals surface area contributed by atoms with Gasteiger partial charge in [-0.25, -0.2) is 9.59 Å². The monoisotopic (exact) mass is 657 g/mol. The molecule has 0 unspecified atom stereocenters. The van der Waals surface area contributed by atoms with Gasteiger partial charge in [0.25, 0.3) is 5.79 Å². The van der Waals surface area contributed by atoms with Crippen LogP contribution in [0.15, 0.2) is 36.4 Å². The molecule has 262 valence electrons. The summed E-state index contributed by atoms with van der Waals surface area (Å²) in [5.74, 6) is -2.59. The molecule has 4 N–H and O–H groups in total. The van der Waals surface area contributed by atoms with Crippen molar-refractivity contribution in [1.82, 2.24) is 5.32 Å². The molecule has 0 spiro atoms. The number of amides is 1. The highest BCUT2D eigenvalue weighted by Gasteiger charge is 2.48. The third kappa shape index (κ3) is 17.7. The Kier molecular flexibility index (Phi) is 19.3. The summed E-state index contributed by atoms with van der Waals surface area (Å²) < 4.78 is 10.6. The number of rotatable bonds is 23. The van der Waals surface area contributed by atoms with E-state index in [0.717, 1.165) is 38.5 Å². The maximum Gasteiger partial charge on any atom is 0.368 e. The highest BCUT2D eigenvalue weighted by Crippen LogP contribution is 2.23. The van der Waals surface area contributed by atoms with Gasteiger partial charge in [0.15, 0.2) is 0 Å². The first-order valence-corrected chi connectivity index (χ1v) is 16.7. The smallest absolute Gasteiger partial charge is 0.368 e. The minimum Gasteiger partial charge on any atom is -0.481 e. The lowest BCUT2D eigenvalue weighted by Gasteiger charge is -2.30. The maximum absolute atomic E-state index is 13.3. The molecule has 0 aliphatic heterocycles. The zero-order valence-corrected chi connectivity index (χ0v) is 28.8. The fourth-order valence-electron chi connectivity index (χ4n) is 4.72. The largest absolute Gasteiger partial charge is 0.481 e. The van der Waals surface area contributed by atoms with Crippen LogP contribution in [0.5, 0.6) is 5.75 Å². The first-order valence-electron chi connectivity index (χ1n) is 16.7. The van der Waals surface area contributed by atoms with E-state index in [4.69, 9.17) is 9.47 Å². The van der Waals surface area contributed by atoms with E-state index in [9.17, 15) is 34.5 Å². The molecule has 10 heteroatoms. The van der Waals surface area contributed by atoms with E-state index in [1.54, 1.807) is 58.0 Å². The topological polar surface area (TPSA) is 159 Å². The predicted molar refractivity (Wildman–Crippen MR) is 180 cm³/mol. The third-order valence-corrected chi connectivity index (χ3v) is 7.35. The van der Waals surface area contributed by atoms with Crippen LogP contribution in [0.3, 0.4) is 0 Å². The minimum absolute atomic E-state index is 0.107. The van der Waals surface area contributed by atoms with E-state index < -0.39 is 41.2 Å². The molecular formula is C37H55NO9. The number of hydrogen-bond donors (Lipinski definition) is 4. The number of aliphatic hydroxyl groups is 2. The Morgan fingerprint density at radius 3 is 2.06 bits per heavy atom. The Bertz CT molecular complexity index is 1200. The summed E-state index contributed by atoms with van der Waals surface area (Å²) in [6, 6.07) is 5.19. The van der Waals surface area contributed by atoms with E-state index in [1.165, 1.54) is 25.3 Å². The summed E-state index contributed by atoms with van der Waals surface area (Å²) in [6.45, 7) is 8.70. The number of carboxylic acid groups (broad SMARTS) is 1. The van der Waals surface area contributed by atoms with Gasteiger partial charge in [-0.15, -0.1) is 5.92 Å². The Morgan fingerprint density at radius 1 is 0.915 bits per heavy atom. The van der Waals surface area contributed by atoms with Gasteiger partial charge in [-0.05, 0) is 71.1 Å². The number of Topliss-reactive ketones (excluding diaryl/α,β-unsaturated/α-hetero) is 1. The number of aliphatic carboxylic acids is 1. The minimum atomic E-state index is -3.26. The molecule has 0 bridgehead atoms. The fourth-order valence-corrected chi connectivity index (χ4v) is 4.72. The van der Waals surface area contributed by atoms with Crippen molar-refractivity contribution in [2.45, 2.75) is 136 Å². The number of ketones is 1. The van der Waals surface area contributed by atoms with Gasteiger partial charge in [0.2, 0.25) is 5.91 Å². The number of nitrogens with one attached hydrogen (secondary N) is 1. The Hall–Kier alpha value is -3.68. The van der Waals surface area contributed by atoms with Gasteiger partial charge < -0.3 is 30.1 Å². The van der Waals surface area contributed by atoms with Gasteiger partial charge in [-0.2, -0.15) is 0 Å². The number of esters is 1.